The van der Waals surface area contributed by atoms with Gasteiger partial charge in [0, 0.05) is 35.1 Å². The van der Waals surface area contributed by atoms with Gasteiger partial charge >= 0.3 is 17.9 Å². The molecule has 0 radical (unpaired) electrons. The first-order valence-corrected chi connectivity index (χ1v) is 21.1. The molecule has 0 bridgehead atoms. The van der Waals surface area contributed by atoms with Crippen LogP contribution < -0.4 is 20.7 Å². The van der Waals surface area contributed by atoms with E-state index in [0.29, 0.717) is 0 Å². The van der Waals surface area contributed by atoms with Crippen LogP contribution in [0.15, 0.2) is 109 Å². The molecule has 1 aliphatic rings. The number of carbonyl (C=O) groups is 3. The van der Waals surface area contributed by atoms with Gasteiger partial charge in [-0.3, -0.25) is 9.59 Å². The zero-order chi connectivity index (χ0) is 42.8. The number of carbonyl (C=O) groups excluding carboxylic acids is 3. The highest BCUT2D eigenvalue weighted by Crippen LogP contribution is 2.36. The molecule has 0 aliphatic heterocycles. The first-order valence-electron chi connectivity index (χ1n) is 21.1. The predicted octanol–water partition coefficient (Wildman–Crippen LogP) is 9.68. The standard InChI is InChI=1S/C52H58N2O6/c1-8-13-38-18-20-39(21-19-38)50(40-22-24-41(25-23-40)54(7)51-36(5)32-35(4)33-37(51)6)44-26-27-45(43-15-10-9-14-42(43)44)53-46-16-11-12-17-47(46)60-49(56)29-28-48(55)58-30-31-59-52(57)34(2)3/h9-10,13-15,18-27,32-33,46-47,53H,2,8,11-12,16-17,28-31H2,1,3-7H3. The Morgan fingerprint density at radius 2 is 1.45 bits per heavy atom. The molecule has 8 heteroatoms. The normalized spacial score (nSPS) is 14.8. The van der Waals surface area contributed by atoms with Crippen molar-refractivity contribution in [2.75, 3.05) is 30.5 Å². The molecule has 2 unspecified atom stereocenters. The summed E-state index contributed by atoms with van der Waals surface area (Å²) in [5.41, 5.74) is 10.8. The maximum absolute atomic E-state index is 13.0. The van der Waals surface area contributed by atoms with Gasteiger partial charge in [0.1, 0.15) is 19.3 Å². The van der Waals surface area contributed by atoms with Gasteiger partial charge in [-0.1, -0.05) is 110 Å². The van der Waals surface area contributed by atoms with Crippen LogP contribution >= 0.6 is 0 Å². The topological polar surface area (TPSA) is 94.2 Å². The summed E-state index contributed by atoms with van der Waals surface area (Å²) in [6.45, 7) is 13.6. The molecule has 5 aromatic rings. The number of esters is 3. The number of ether oxygens (including phenoxy) is 3. The molecule has 1 aliphatic carbocycles. The summed E-state index contributed by atoms with van der Waals surface area (Å²) in [4.78, 5) is 39.1. The second kappa shape index (κ2) is 20.2. The summed E-state index contributed by atoms with van der Waals surface area (Å²) in [5, 5.41) is 8.31. The van der Waals surface area contributed by atoms with E-state index in [1.54, 1.807) is 6.92 Å². The minimum atomic E-state index is -0.551. The number of hydrogen-bond donors (Lipinski definition) is 1. The number of nitrogens with one attached hydrogen (secondary N) is 1. The van der Waals surface area contributed by atoms with Crippen LogP contribution in [0.25, 0.3) is 22.4 Å². The third-order valence-electron chi connectivity index (χ3n) is 11.1. The lowest BCUT2D eigenvalue weighted by atomic mass is 9.89. The van der Waals surface area contributed by atoms with Gasteiger partial charge in [0.05, 0.1) is 18.9 Å². The minimum Gasteiger partial charge on any atom is -0.462 e. The first-order chi connectivity index (χ1) is 28.9. The minimum absolute atomic E-state index is 0.0727. The predicted molar refractivity (Wildman–Crippen MR) is 243 cm³/mol. The van der Waals surface area contributed by atoms with E-state index in [1.807, 2.05) is 0 Å². The van der Waals surface area contributed by atoms with Gasteiger partial charge in [-0.05, 0) is 115 Å². The summed E-state index contributed by atoms with van der Waals surface area (Å²) < 4.78 is 16.1. The van der Waals surface area contributed by atoms with E-state index in [2.05, 4.69) is 155 Å². The number of hydrogen-bond acceptors (Lipinski definition) is 8. The third kappa shape index (κ3) is 10.7. The van der Waals surface area contributed by atoms with Crippen LogP contribution in [0.2, 0.25) is 0 Å². The molecule has 0 heterocycles. The molecule has 0 saturated heterocycles. The van der Waals surface area contributed by atoms with E-state index < -0.39 is 17.9 Å². The van der Waals surface area contributed by atoms with Crippen LogP contribution in [0.3, 0.4) is 0 Å². The van der Waals surface area contributed by atoms with Crippen LogP contribution in [0.5, 0.6) is 0 Å². The maximum atomic E-state index is 13.0. The van der Waals surface area contributed by atoms with Crippen LogP contribution in [0, 0.1) is 20.8 Å². The number of fused-ring (bicyclic) bond motifs is 1. The van der Waals surface area contributed by atoms with Gasteiger partial charge < -0.3 is 24.4 Å². The Kier molecular flexibility index (Phi) is 14.6. The fourth-order valence-electron chi connectivity index (χ4n) is 8.34. The van der Waals surface area contributed by atoms with Crippen molar-refractivity contribution in [3.05, 3.63) is 147 Å². The Hall–Kier alpha value is -6.15. The zero-order valence-electron chi connectivity index (χ0n) is 35.9. The van der Waals surface area contributed by atoms with Crippen molar-refractivity contribution in [2.24, 2.45) is 0 Å². The molecule has 0 aromatic heterocycles. The second-order valence-electron chi connectivity index (χ2n) is 15.9. The molecule has 5 aromatic carbocycles. The summed E-state index contributed by atoms with van der Waals surface area (Å²) in [6, 6.07) is 34.9. The molecule has 60 heavy (non-hydrogen) atoms. The van der Waals surface area contributed by atoms with Crippen molar-refractivity contribution in [2.45, 2.75) is 91.7 Å². The van der Waals surface area contributed by atoms with Crippen LogP contribution in [0.4, 0.5) is 17.1 Å². The van der Waals surface area contributed by atoms with E-state index in [4.69, 9.17) is 14.2 Å². The monoisotopic (exact) mass is 806 g/mol. The largest absolute Gasteiger partial charge is 0.462 e. The summed E-state index contributed by atoms with van der Waals surface area (Å²) in [6.07, 6.45) is 6.20. The summed E-state index contributed by atoms with van der Waals surface area (Å²) in [5.74, 6) is -1.54. The molecule has 1 saturated carbocycles. The lowest BCUT2D eigenvalue weighted by Gasteiger charge is -2.33. The van der Waals surface area contributed by atoms with E-state index in [-0.39, 0.29) is 43.8 Å². The lowest BCUT2D eigenvalue weighted by molar-refractivity contribution is -0.156. The SMILES string of the molecule is C=C(C)C(=O)OCCOC(=O)CCC(=O)OC1CCCCC1Nc1ccc(C(c2ccc(N(C)c3c(C)cc(C)cc3C)cc2)=c2ccc(=CCC)cc2)c2ccccc12. The summed E-state index contributed by atoms with van der Waals surface area (Å²) in [7, 11) is 2.14. The Balaban J connectivity index is 1.25. The fraction of sp³-hybridized carbons (Fsp3) is 0.327. The smallest absolute Gasteiger partial charge is 0.333 e. The van der Waals surface area contributed by atoms with Crippen molar-refractivity contribution in [3.63, 3.8) is 0 Å². The molecular formula is C52H58N2O6. The molecule has 1 fully saturated rings. The quantitative estimate of drug-likeness (QED) is 0.0484. The number of aryl methyl sites for hydroxylation is 3. The van der Waals surface area contributed by atoms with Crippen LogP contribution in [-0.4, -0.2) is 50.3 Å². The Morgan fingerprint density at radius 1 is 0.800 bits per heavy atom. The molecule has 1 N–H and O–H groups in total. The van der Waals surface area contributed by atoms with Gasteiger partial charge in [-0.2, -0.15) is 0 Å². The number of anilines is 3. The van der Waals surface area contributed by atoms with Crippen molar-refractivity contribution in [3.8, 4) is 0 Å². The van der Waals surface area contributed by atoms with Crippen molar-refractivity contribution in [1.29, 1.82) is 0 Å². The van der Waals surface area contributed by atoms with Crippen LogP contribution in [0.1, 0.15) is 86.6 Å². The Bertz CT molecular complexity index is 2440. The van der Waals surface area contributed by atoms with Gasteiger partial charge in [-0.25, -0.2) is 4.79 Å². The molecule has 0 amide bonds. The second-order valence-corrected chi connectivity index (χ2v) is 15.9. The highest BCUT2D eigenvalue weighted by Gasteiger charge is 2.29. The average Bonchev–Trinajstić information content (AvgIpc) is 3.23. The van der Waals surface area contributed by atoms with E-state index in [9.17, 15) is 14.4 Å². The lowest BCUT2D eigenvalue weighted by Crippen LogP contribution is -2.39. The van der Waals surface area contributed by atoms with Gasteiger partial charge in [0.25, 0.3) is 0 Å². The molecule has 312 valence electrons. The fourth-order valence-corrected chi connectivity index (χ4v) is 8.34. The molecule has 8 nitrogen and oxygen atoms in total. The van der Waals surface area contributed by atoms with Crippen molar-refractivity contribution >= 4 is 57.4 Å². The van der Waals surface area contributed by atoms with E-state index in [1.165, 1.54) is 27.6 Å². The number of benzene rings is 5. The third-order valence-corrected chi connectivity index (χ3v) is 11.1. The van der Waals surface area contributed by atoms with Crippen molar-refractivity contribution in [1.82, 2.24) is 0 Å². The highest BCUT2D eigenvalue weighted by atomic mass is 16.6. The molecular weight excluding hydrogens is 749 g/mol. The van der Waals surface area contributed by atoms with Gasteiger partial charge in [0.15, 0.2) is 0 Å². The van der Waals surface area contributed by atoms with Crippen LogP contribution in [-0.2, 0) is 28.6 Å². The molecule has 6 rings (SSSR count). The number of rotatable bonds is 15. The first kappa shape index (κ1) is 43.4. The zero-order valence-corrected chi connectivity index (χ0v) is 35.9. The maximum Gasteiger partial charge on any atom is 0.333 e. The van der Waals surface area contributed by atoms with Crippen molar-refractivity contribution < 1.29 is 28.6 Å². The van der Waals surface area contributed by atoms with Gasteiger partial charge in [0.2, 0.25) is 0 Å². The Morgan fingerprint density at radius 3 is 2.13 bits per heavy atom. The van der Waals surface area contributed by atoms with E-state index in [0.717, 1.165) is 76.2 Å². The molecule has 2 atom stereocenters. The highest BCUT2D eigenvalue weighted by molar-refractivity contribution is 6.03. The molecule has 0 spiro atoms. The summed E-state index contributed by atoms with van der Waals surface area (Å²) >= 11 is 0. The number of nitrogens with zero attached hydrogens (tertiary/aromatic N) is 1. The van der Waals surface area contributed by atoms with Gasteiger partial charge in [-0.15, -0.1) is 0 Å². The Labute approximate surface area is 354 Å². The average molecular weight is 807 g/mol. The van der Waals surface area contributed by atoms with E-state index >= 15 is 0 Å².